The van der Waals surface area contributed by atoms with Crippen LogP contribution in [-0.2, 0) is 11.2 Å². The molecule has 0 fully saturated rings. The average molecular weight is 234 g/mol. The molecule has 0 saturated carbocycles. The van der Waals surface area contributed by atoms with Gasteiger partial charge in [0.1, 0.15) is 5.75 Å². The molecule has 0 spiro atoms. The highest BCUT2D eigenvalue weighted by Crippen LogP contribution is 2.26. The standard InChI is InChI=1S/C13H18N2O2/c1-4-5-11-7-9(2)6-10(3)13(11)17-8-12(16)15-14/h4,6-7H,1,5,8,14H2,2-3H3,(H,15,16). The molecule has 92 valence electrons. The number of benzene rings is 1. The summed E-state index contributed by atoms with van der Waals surface area (Å²) in [6, 6.07) is 4.05. The predicted molar refractivity (Wildman–Crippen MR) is 67.6 cm³/mol. The third-order valence-electron chi connectivity index (χ3n) is 2.37. The Labute approximate surface area is 101 Å². The smallest absolute Gasteiger partial charge is 0.271 e. The number of hydrogen-bond donors (Lipinski definition) is 2. The van der Waals surface area contributed by atoms with Gasteiger partial charge >= 0.3 is 0 Å². The maximum absolute atomic E-state index is 11.1. The quantitative estimate of drug-likeness (QED) is 0.350. The van der Waals surface area contributed by atoms with E-state index in [1.807, 2.05) is 37.5 Å². The predicted octanol–water partition coefficient (Wildman–Crippen LogP) is 1.40. The van der Waals surface area contributed by atoms with E-state index in [-0.39, 0.29) is 12.5 Å². The minimum absolute atomic E-state index is 0.0788. The SMILES string of the molecule is C=CCc1cc(C)cc(C)c1OCC(=O)NN. The van der Waals surface area contributed by atoms with E-state index in [4.69, 9.17) is 10.6 Å². The number of aryl methyl sites for hydroxylation is 2. The van der Waals surface area contributed by atoms with Gasteiger partial charge in [0.25, 0.3) is 5.91 Å². The van der Waals surface area contributed by atoms with Crippen molar-refractivity contribution in [2.45, 2.75) is 20.3 Å². The van der Waals surface area contributed by atoms with Crippen LogP contribution in [0, 0.1) is 13.8 Å². The molecular weight excluding hydrogens is 216 g/mol. The Kier molecular flexibility index (Phi) is 4.72. The van der Waals surface area contributed by atoms with Crippen molar-refractivity contribution in [1.82, 2.24) is 5.43 Å². The lowest BCUT2D eigenvalue weighted by atomic mass is 10.0. The number of amides is 1. The van der Waals surface area contributed by atoms with Crippen molar-refractivity contribution < 1.29 is 9.53 Å². The van der Waals surface area contributed by atoms with Gasteiger partial charge in [-0.15, -0.1) is 6.58 Å². The average Bonchev–Trinajstić information content (AvgIpc) is 2.27. The van der Waals surface area contributed by atoms with E-state index < -0.39 is 0 Å². The van der Waals surface area contributed by atoms with Crippen LogP contribution in [0.4, 0.5) is 0 Å². The van der Waals surface area contributed by atoms with Crippen LogP contribution >= 0.6 is 0 Å². The first-order chi connectivity index (χ1) is 8.08. The second-order valence-electron chi connectivity index (χ2n) is 3.92. The minimum Gasteiger partial charge on any atom is -0.483 e. The first-order valence-corrected chi connectivity index (χ1v) is 5.41. The lowest BCUT2D eigenvalue weighted by molar-refractivity contribution is -0.123. The number of rotatable bonds is 5. The fourth-order valence-electron chi connectivity index (χ4n) is 1.74. The number of carbonyl (C=O) groups is 1. The Balaban J connectivity index is 2.95. The topological polar surface area (TPSA) is 64.3 Å². The maximum atomic E-state index is 11.1. The molecule has 0 heterocycles. The number of allylic oxidation sites excluding steroid dienone is 1. The Morgan fingerprint density at radius 1 is 1.53 bits per heavy atom. The van der Waals surface area contributed by atoms with Crippen molar-refractivity contribution in [2.24, 2.45) is 5.84 Å². The molecule has 1 aromatic rings. The first kappa shape index (κ1) is 13.3. The number of carbonyl (C=O) groups excluding carboxylic acids is 1. The van der Waals surface area contributed by atoms with E-state index in [9.17, 15) is 4.79 Å². The molecule has 0 unspecified atom stereocenters. The molecule has 0 aliphatic heterocycles. The van der Waals surface area contributed by atoms with Crippen molar-refractivity contribution in [3.05, 3.63) is 41.5 Å². The molecule has 0 atom stereocenters. The van der Waals surface area contributed by atoms with Crippen LogP contribution < -0.4 is 16.0 Å². The highest BCUT2D eigenvalue weighted by molar-refractivity contribution is 5.76. The van der Waals surface area contributed by atoms with Crippen LogP contribution in [-0.4, -0.2) is 12.5 Å². The molecule has 4 nitrogen and oxygen atoms in total. The minimum atomic E-state index is -0.352. The van der Waals surface area contributed by atoms with Gasteiger partial charge in [-0.05, 0) is 31.4 Å². The molecule has 4 heteroatoms. The summed E-state index contributed by atoms with van der Waals surface area (Å²) >= 11 is 0. The number of ether oxygens (including phenoxy) is 1. The molecule has 17 heavy (non-hydrogen) atoms. The summed E-state index contributed by atoms with van der Waals surface area (Å²) < 4.78 is 5.49. The largest absolute Gasteiger partial charge is 0.483 e. The monoisotopic (exact) mass is 234 g/mol. The van der Waals surface area contributed by atoms with Crippen molar-refractivity contribution in [3.63, 3.8) is 0 Å². The van der Waals surface area contributed by atoms with E-state index in [2.05, 4.69) is 6.58 Å². The van der Waals surface area contributed by atoms with Gasteiger partial charge in [-0.25, -0.2) is 5.84 Å². The van der Waals surface area contributed by atoms with Gasteiger partial charge in [0.2, 0.25) is 0 Å². The van der Waals surface area contributed by atoms with E-state index in [0.717, 1.165) is 22.4 Å². The van der Waals surface area contributed by atoms with Gasteiger partial charge in [-0.1, -0.05) is 23.8 Å². The summed E-state index contributed by atoms with van der Waals surface area (Å²) in [5.41, 5.74) is 5.23. The van der Waals surface area contributed by atoms with Crippen LogP contribution in [0.2, 0.25) is 0 Å². The van der Waals surface area contributed by atoms with Crippen molar-refractivity contribution in [2.75, 3.05) is 6.61 Å². The summed E-state index contributed by atoms with van der Waals surface area (Å²) in [5.74, 6) is 5.38. The third-order valence-corrected chi connectivity index (χ3v) is 2.37. The Bertz CT molecular complexity index is 428. The fraction of sp³-hybridized carbons (Fsp3) is 0.308. The number of hydrazine groups is 1. The zero-order valence-electron chi connectivity index (χ0n) is 10.2. The maximum Gasteiger partial charge on any atom is 0.271 e. The summed E-state index contributed by atoms with van der Waals surface area (Å²) in [5, 5.41) is 0. The summed E-state index contributed by atoms with van der Waals surface area (Å²) in [4.78, 5) is 11.1. The van der Waals surface area contributed by atoms with Crippen molar-refractivity contribution in [1.29, 1.82) is 0 Å². The van der Waals surface area contributed by atoms with Gasteiger partial charge in [0.05, 0.1) is 0 Å². The second kappa shape index (κ2) is 6.06. The molecular formula is C13H18N2O2. The number of nitrogens with two attached hydrogens (primary N) is 1. The lowest BCUT2D eigenvalue weighted by Gasteiger charge is -2.13. The first-order valence-electron chi connectivity index (χ1n) is 5.41. The van der Waals surface area contributed by atoms with Gasteiger partial charge in [0.15, 0.2) is 6.61 Å². The van der Waals surface area contributed by atoms with E-state index in [1.165, 1.54) is 0 Å². The van der Waals surface area contributed by atoms with Crippen LogP contribution in [0.5, 0.6) is 5.75 Å². The zero-order chi connectivity index (χ0) is 12.8. The molecule has 0 saturated heterocycles. The fourth-order valence-corrected chi connectivity index (χ4v) is 1.74. The van der Waals surface area contributed by atoms with Crippen LogP contribution in [0.15, 0.2) is 24.8 Å². The van der Waals surface area contributed by atoms with Crippen molar-refractivity contribution in [3.8, 4) is 5.75 Å². The number of nitrogens with one attached hydrogen (secondary N) is 1. The molecule has 0 radical (unpaired) electrons. The zero-order valence-corrected chi connectivity index (χ0v) is 10.2. The van der Waals surface area contributed by atoms with Crippen LogP contribution in [0.1, 0.15) is 16.7 Å². The van der Waals surface area contributed by atoms with Gasteiger partial charge in [0, 0.05) is 0 Å². The molecule has 0 aliphatic rings. The second-order valence-corrected chi connectivity index (χ2v) is 3.92. The molecule has 0 aliphatic carbocycles. The Morgan fingerprint density at radius 3 is 2.82 bits per heavy atom. The molecule has 3 N–H and O–H groups in total. The van der Waals surface area contributed by atoms with E-state index in [1.54, 1.807) is 0 Å². The number of hydrogen-bond acceptors (Lipinski definition) is 3. The van der Waals surface area contributed by atoms with Crippen molar-refractivity contribution >= 4 is 5.91 Å². The lowest BCUT2D eigenvalue weighted by Crippen LogP contribution is -2.34. The summed E-state index contributed by atoms with van der Waals surface area (Å²) in [6.45, 7) is 7.61. The van der Waals surface area contributed by atoms with Gasteiger partial charge in [-0.3, -0.25) is 10.2 Å². The summed E-state index contributed by atoms with van der Waals surface area (Å²) in [7, 11) is 0. The Morgan fingerprint density at radius 2 is 2.24 bits per heavy atom. The highest BCUT2D eigenvalue weighted by Gasteiger charge is 2.09. The normalized spacial score (nSPS) is 9.82. The van der Waals surface area contributed by atoms with E-state index >= 15 is 0 Å². The summed E-state index contributed by atoms with van der Waals surface area (Å²) in [6.07, 6.45) is 2.52. The van der Waals surface area contributed by atoms with Crippen LogP contribution in [0.25, 0.3) is 0 Å². The van der Waals surface area contributed by atoms with Crippen LogP contribution in [0.3, 0.4) is 0 Å². The molecule has 1 amide bonds. The highest BCUT2D eigenvalue weighted by atomic mass is 16.5. The Hall–Kier alpha value is -1.81. The van der Waals surface area contributed by atoms with E-state index in [0.29, 0.717) is 6.42 Å². The molecule has 0 bridgehead atoms. The van der Waals surface area contributed by atoms with Gasteiger partial charge in [-0.2, -0.15) is 0 Å². The molecule has 1 aromatic carbocycles. The molecule has 0 aromatic heterocycles. The molecule has 1 rings (SSSR count). The van der Waals surface area contributed by atoms with Gasteiger partial charge < -0.3 is 4.74 Å². The third kappa shape index (κ3) is 3.60.